The Balaban J connectivity index is 2.59. The highest BCUT2D eigenvalue weighted by molar-refractivity contribution is 5.80. The molecule has 0 bridgehead atoms. The molecule has 1 heterocycles. The summed E-state index contributed by atoms with van der Waals surface area (Å²) in [6.07, 6.45) is 0. The van der Waals surface area contributed by atoms with Crippen molar-refractivity contribution in [3.63, 3.8) is 0 Å². The van der Waals surface area contributed by atoms with Crippen LogP contribution in [0.4, 0.5) is 11.8 Å². The Kier molecular flexibility index (Phi) is 4.50. The summed E-state index contributed by atoms with van der Waals surface area (Å²) in [5, 5.41) is 8.50. The second kappa shape index (κ2) is 5.89. The number of amides is 1. The maximum Gasteiger partial charge on any atom is 0.239 e. The van der Waals surface area contributed by atoms with E-state index in [0.29, 0.717) is 18.3 Å². The number of likely N-dealkylation sites (N-methyl/N-ethyl adjacent to an activating group) is 1. The number of aryl methyl sites for hydroxylation is 1. The van der Waals surface area contributed by atoms with Gasteiger partial charge >= 0.3 is 0 Å². The van der Waals surface area contributed by atoms with Crippen LogP contribution in [0.15, 0.2) is 6.07 Å². The molecule has 0 atom stereocenters. The van der Waals surface area contributed by atoms with E-state index in [0.717, 1.165) is 5.69 Å². The molecule has 1 aromatic rings. The van der Waals surface area contributed by atoms with Crippen LogP contribution >= 0.6 is 0 Å². The molecule has 0 fully saturated rings. The van der Waals surface area contributed by atoms with Gasteiger partial charge in [-0.2, -0.15) is 4.98 Å². The van der Waals surface area contributed by atoms with Gasteiger partial charge < -0.3 is 16.0 Å². The smallest absolute Gasteiger partial charge is 0.239 e. The molecule has 1 aromatic heterocycles. The highest BCUT2D eigenvalue weighted by Gasteiger charge is 2.02. The first-order valence-electron chi connectivity index (χ1n) is 5.19. The number of nitrogens with zero attached hydrogens (tertiary/aromatic N) is 2. The minimum atomic E-state index is -0.0511. The third-order valence-corrected chi connectivity index (χ3v) is 1.88. The predicted octanol–water partition coefficient (Wildman–Crippen LogP) is 0.375. The average molecular weight is 223 g/mol. The van der Waals surface area contributed by atoms with Crippen LogP contribution in [0.3, 0.4) is 0 Å². The van der Waals surface area contributed by atoms with Gasteiger partial charge in [0.2, 0.25) is 11.9 Å². The third kappa shape index (κ3) is 3.72. The number of carbonyl (C=O) groups excluding carboxylic acids is 1. The lowest BCUT2D eigenvalue weighted by molar-refractivity contribution is -0.119. The molecule has 88 valence electrons. The van der Waals surface area contributed by atoms with Gasteiger partial charge in [0, 0.05) is 25.4 Å². The minimum absolute atomic E-state index is 0.0511. The number of aromatic nitrogens is 2. The van der Waals surface area contributed by atoms with Gasteiger partial charge in [-0.3, -0.25) is 4.79 Å². The third-order valence-electron chi connectivity index (χ3n) is 1.88. The van der Waals surface area contributed by atoms with E-state index < -0.39 is 0 Å². The zero-order valence-corrected chi connectivity index (χ0v) is 9.79. The molecule has 0 aliphatic carbocycles. The first-order valence-corrected chi connectivity index (χ1v) is 5.19. The Morgan fingerprint density at radius 2 is 2.19 bits per heavy atom. The first-order chi connectivity index (χ1) is 7.65. The Labute approximate surface area is 94.9 Å². The van der Waals surface area contributed by atoms with Gasteiger partial charge in [0.25, 0.3) is 0 Å². The summed E-state index contributed by atoms with van der Waals surface area (Å²) >= 11 is 0. The van der Waals surface area contributed by atoms with Crippen LogP contribution < -0.4 is 16.0 Å². The Morgan fingerprint density at radius 1 is 1.44 bits per heavy atom. The average Bonchev–Trinajstić information content (AvgIpc) is 2.26. The van der Waals surface area contributed by atoms with Crippen LogP contribution in [0.1, 0.15) is 12.6 Å². The lowest BCUT2D eigenvalue weighted by atomic mass is 10.4. The number of nitrogens with one attached hydrogen (secondary N) is 3. The van der Waals surface area contributed by atoms with E-state index in [4.69, 9.17) is 0 Å². The van der Waals surface area contributed by atoms with Crippen LogP contribution in [-0.2, 0) is 4.79 Å². The van der Waals surface area contributed by atoms with Gasteiger partial charge in [0.1, 0.15) is 5.82 Å². The molecule has 0 saturated heterocycles. The van der Waals surface area contributed by atoms with Gasteiger partial charge in [-0.15, -0.1) is 0 Å². The molecule has 16 heavy (non-hydrogen) atoms. The molecule has 0 radical (unpaired) electrons. The summed E-state index contributed by atoms with van der Waals surface area (Å²) in [6, 6.07) is 1.79. The quantitative estimate of drug-likeness (QED) is 0.672. The van der Waals surface area contributed by atoms with E-state index in [1.165, 1.54) is 0 Å². The fraction of sp³-hybridized carbons (Fsp3) is 0.500. The fourth-order valence-electron chi connectivity index (χ4n) is 1.20. The maximum atomic E-state index is 11.2. The number of carbonyl (C=O) groups is 1. The zero-order valence-electron chi connectivity index (χ0n) is 9.79. The number of anilines is 2. The van der Waals surface area contributed by atoms with Crippen LogP contribution in [0.5, 0.6) is 0 Å². The largest absolute Gasteiger partial charge is 0.361 e. The van der Waals surface area contributed by atoms with Gasteiger partial charge in [-0.1, -0.05) is 0 Å². The number of rotatable bonds is 5. The van der Waals surface area contributed by atoms with Crippen molar-refractivity contribution in [2.45, 2.75) is 13.8 Å². The van der Waals surface area contributed by atoms with Gasteiger partial charge in [0.15, 0.2) is 0 Å². The minimum Gasteiger partial charge on any atom is -0.361 e. The lowest BCUT2D eigenvalue weighted by Crippen LogP contribution is -2.29. The van der Waals surface area contributed by atoms with Crippen LogP contribution in [0.2, 0.25) is 0 Å². The van der Waals surface area contributed by atoms with Crippen molar-refractivity contribution in [2.75, 3.05) is 30.8 Å². The molecule has 0 aromatic carbocycles. The molecule has 6 heteroatoms. The van der Waals surface area contributed by atoms with Crippen LogP contribution in [0.25, 0.3) is 0 Å². The molecule has 0 saturated carbocycles. The van der Waals surface area contributed by atoms with E-state index in [-0.39, 0.29) is 12.5 Å². The highest BCUT2D eigenvalue weighted by atomic mass is 16.1. The number of hydrogen-bond acceptors (Lipinski definition) is 5. The normalized spacial score (nSPS) is 9.69. The molecule has 3 N–H and O–H groups in total. The fourth-order valence-corrected chi connectivity index (χ4v) is 1.20. The summed E-state index contributed by atoms with van der Waals surface area (Å²) < 4.78 is 0. The van der Waals surface area contributed by atoms with Gasteiger partial charge in [-0.25, -0.2) is 4.98 Å². The topological polar surface area (TPSA) is 78.9 Å². The standard InChI is InChI=1S/C10H17N5O/c1-4-12-9(16)6-13-8-5-7(2)14-10(11-3)15-8/h5H,4,6H2,1-3H3,(H,12,16)(H2,11,13,14,15). The SMILES string of the molecule is CCNC(=O)CNc1cc(C)nc(NC)n1. The molecule has 6 nitrogen and oxygen atoms in total. The van der Waals surface area contributed by atoms with E-state index in [9.17, 15) is 4.79 Å². The van der Waals surface area contributed by atoms with Crippen molar-refractivity contribution in [1.29, 1.82) is 0 Å². The Morgan fingerprint density at radius 3 is 2.81 bits per heavy atom. The summed E-state index contributed by atoms with van der Waals surface area (Å²) in [7, 11) is 1.75. The summed E-state index contributed by atoms with van der Waals surface area (Å²) in [4.78, 5) is 19.5. The van der Waals surface area contributed by atoms with Crippen molar-refractivity contribution < 1.29 is 4.79 Å². The zero-order chi connectivity index (χ0) is 12.0. The van der Waals surface area contributed by atoms with Crippen molar-refractivity contribution in [3.05, 3.63) is 11.8 Å². The van der Waals surface area contributed by atoms with E-state index in [1.807, 2.05) is 13.8 Å². The molecule has 0 unspecified atom stereocenters. The predicted molar refractivity (Wildman–Crippen MR) is 63.5 cm³/mol. The van der Waals surface area contributed by atoms with Crippen molar-refractivity contribution in [2.24, 2.45) is 0 Å². The van der Waals surface area contributed by atoms with Gasteiger partial charge in [0.05, 0.1) is 6.54 Å². The lowest BCUT2D eigenvalue weighted by Gasteiger charge is -2.07. The van der Waals surface area contributed by atoms with Gasteiger partial charge in [-0.05, 0) is 13.8 Å². The van der Waals surface area contributed by atoms with Crippen LogP contribution in [0, 0.1) is 6.92 Å². The molecule has 1 amide bonds. The first kappa shape index (κ1) is 12.2. The molecular weight excluding hydrogens is 206 g/mol. The summed E-state index contributed by atoms with van der Waals surface area (Å²) in [6.45, 7) is 4.60. The van der Waals surface area contributed by atoms with Crippen molar-refractivity contribution in [3.8, 4) is 0 Å². The maximum absolute atomic E-state index is 11.2. The van der Waals surface area contributed by atoms with Crippen LogP contribution in [-0.4, -0.2) is 36.0 Å². The van der Waals surface area contributed by atoms with Crippen molar-refractivity contribution >= 4 is 17.7 Å². The van der Waals surface area contributed by atoms with E-state index >= 15 is 0 Å². The molecule has 1 rings (SSSR count). The Hall–Kier alpha value is -1.85. The molecule has 0 spiro atoms. The molecule has 0 aliphatic heterocycles. The second-order valence-electron chi connectivity index (χ2n) is 3.28. The van der Waals surface area contributed by atoms with E-state index in [1.54, 1.807) is 13.1 Å². The molecule has 0 aliphatic rings. The Bertz CT molecular complexity index is 366. The molecular formula is C10H17N5O. The monoisotopic (exact) mass is 223 g/mol. The number of hydrogen-bond donors (Lipinski definition) is 3. The summed E-state index contributed by atoms with van der Waals surface area (Å²) in [5.74, 6) is 1.13. The second-order valence-corrected chi connectivity index (χ2v) is 3.28. The highest BCUT2D eigenvalue weighted by Crippen LogP contribution is 2.08. The van der Waals surface area contributed by atoms with Crippen molar-refractivity contribution in [1.82, 2.24) is 15.3 Å². The summed E-state index contributed by atoms with van der Waals surface area (Å²) in [5.41, 5.74) is 0.845. The van der Waals surface area contributed by atoms with E-state index in [2.05, 4.69) is 25.9 Å².